The zero-order valence-electron chi connectivity index (χ0n) is 16.4. The van der Waals surface area contributed by atoms with Crippen molar-refractivity contribution in [2.24, 2.45) is 11.8 Å². The van der Waals surface area contributed by atoms with Gasteiger partial charge in [0.25, 0.3) is 0 Å². The van der Waals surface area contributed by atoms with Crippen molar-refractivity contribution in [2.45, 2.75) is 48.8 Å². The van der Waals surface area contributed by atoms with Crippen molar-refractivity contribution in [1.82, 2.24) is 0 Å². The van der Waals surface area contributed by atoms with Gasteiger partial charge in [-0.25, -0.2) is 4.21 Å². The van der Waals surface area contributed by atoms with Crippen LogP contribution < -0.4 is 0 Å². The number of nitriles is 1. The molecule has 4 atom stereocenters. The van der Waals surface area contributed by atoms with Crippen molar-refractivity contribution >= 4 is 16.6 Å². The molecule has 0 aliphatic heterocycles. The van der Waals surface area contributed by atoms with Crippen LogP contribution in [0, 0.1) is 30.1 Å². The lowest BCUT2D eigenvalue weighted by atomic mass is 9.77. The number of nitrogens with zero attached hydrogens (tertiary/aromatic N) is 1. The molecule has 28 heavy (non-hydrogen) atoms. The molecule has 2 aliphatic rings. The quantitative estimate of drug-likeness (QED) is 0.752. The number of fused-ring (bicyclic) bond motifs is 1. The molecule has 2 aromatic rings. The van der Waals surface area contributed by atoms with Crippen molar-refractivity contribution in [3.8, 4) is 6.07 Å². The van der Waals surface area contributed by atoms with E-state index in [2.05, 4.69) is 6.07 Å². The molecule has 1 saturated carbocycles. The minimum absolute atomic E-state index is 0.0695. The van der Waals surface area contributed by atoms with Crippen LogP contribution in [0.2, 0.25) is 0 Å². The van der Waals surface area contributed by atoms with Crippen LogP contribution in [0.3, 0.4) is 0 Å². The lowest BCUT2D eigenvalue weighted by Gasteiger charge is -2.25. The number of ketones is 1. The van der Waals surface area contributed by atoms with E-state index < -0.39 is 16.2 Å². The highest BCUT2D eigenvalue weighted by Gasteiger charge is 2.52. The lowest BCUT2D eigenvalue weighted by Crippen LogP contribution is -2.25. The summed E-state index contributed by atoms with van der Waals surface area (Å²) in [7, 11) is -1.36. The minimum atomic E-state index is -1.36. The molecule has 2 aromatic carbocycles. The molecule has 0 amide bonds. The fourth-order valence-corrected chi connectivity index (χ4v) is 6.06. The molecule has 1 fully saturated rings. The van der Waals surface area contributed by atoms with Crippen molar-refractivity contribution in [3.05, 3.63) is 70.8 Å². The van der Waals surface area contributed by atoms with Crippen LogP contribution in [0.5, 0.6) is 0 Å². The van der Waals surface area contributed by atoms with Crippen molar-refractivity contribution < 1.29 is 9.00 Å². The summed E-state index contributed by atoms with van der Waals surface area (Å²) in [5.41, 5.74) is 3.17. The molecule has 0 radical (unpaired) electrons. The molecule has 3 nitrogen and oxygen atoms in total. The van der Waals surface area contributed by atoms with E-state index in [4.69, 9.17) is 0 Å². The summed E-state index contributed by atoms with van der Waals surface area (Å²) in [4.78, 5) is 13.8. The van der Waals surface area contributed by atoms with E-state index in [1.54, 1.807) is 0 Å². The molecule has 0 heterocycles. The Morgan fingerprint density at radius 3 is 2.43 bits per heavy atom. The number of carbonyl (C=O) groups is 1. The summed E-state index contributed by atoms with van der Waals surface area (Å²) < 4.78 is 13.4. The van der Waals surface area contributed by atoms with Crippen molar-refractivity contribution in [2.75, 3.05) is 0 Å². The molecule has 0 N–H and O–H groups in total. The maximum atomic E-state index is 13.4. The third kappa shape index (κ3) is 2.77. The number of aryl methyl sites for hydroxylation is 1. The van der Waals surface area contributed by atoms with E-state index in [1.165, 1.54) is 0 Å². The topological polar surface area (TPSA) is 57.9 Å². The normalized spacial score (nSPS) is 27.6. The third-order valence-corrected chi connectivity index (χ3v) is 7.88. The highest BCUT2D eigenvalue weighted by atomic mass is 32.2. The van der Waals surface area contributed by atoms with Crippen LogP contribution in [-0.4, -0.2) is 9.99 Å². The smallest absolute Gasteiger partial charge is 0.161 e. The van der Waals surface area contributed by atoms with E-state index >= 15 is 0 Å². The van der Waals surface area contributed by atoms with Crippen LogP contribution in [0.1, 0.15) is 37.8 Å². The monoisotopic (exact) mass is 389 g/mol. The standard InChI is InChI=1S/C24H23NO2S/c1-15-8-10-18(11-9-15)28(27)22-7-5-4-6-21(22)24(14-25)12-19-16(2)23(26)17(3)20(19)13-24/h4-11,16,19H,12-13H2,1-3H3/t16-,19-,24+,28+/m1/s1. The predicted octanol–water partition coefficient (Wildman–Crippen LogP) is 4.87. The van der Waals surface area contributed by atoms with Gasteiger partial charge in [-0.2, -0.15) is 5.26 Å². The van der Waals surface area contributed by atoms with E-state index in [0.717, 1.165) is 27.2 Å². The van der Waals surface area contributed by atoms with E-state index in [-0.39, 0.29) is 17.6 Å². The zero-order chi connectivity index (χ0) is 20.1. The predicted molar refractivity (Wildman–Crippen MR) is 109 cm³/mol. The number of Topliss-reactive ketones (excluding diaryl/α,β-unsaturated/α-hetero) is 1. The Balaban J connectivity index is 1.80. The molecular weight excluding hydrogens is 366 g/mol. The largest absolute Gasteiger partial charge is 0.294 e. The number of benzene rings is 2. The molecule has 0 saturated heterocycles. The number of carbonyl (C=O) groups excluding carboxylic acids is 1. The highest BCUT2D eigenvalue weighted by Crippen LogP contribution is 2.55. The second kappa shape index (κ2) is 6.83. The lowest BCUT2D eigenvalue weighted by molar-refractivity contribution is -0.118. The Morgan fingerprint density at radius 2 is 1.79 bits per heavy atom. The van der Waals surface area contributed by atoms with Gasteiger partial charge in [-0.3, -0.25) is 4.79 Å². The number of hydrogen-bond acceptors (Lipinski definition) is 3. The first kappa shape index (κ1) is 18.8. The first-order chi connectivity index (χ1) is 13.4. The highest BCUT2D eigenvalue weighted by molar-refractivity contribution is 7.85. The Labute approximate surface area is 168 Å². The summed E-state index contributed by atoms with van der Waals surface area (Å²) >= 11 is 0. The second-order valence-electron chi connectivity index (χ2n) is 8.06. The molecule has 0 bridgehead atoms. The minimum Gasteiger partial charge on any atom is -0.294 e. The van der Waals surface area contributed by atoms with Crippen molar-refractivity contribution in [1.29, 1.82) is 5.26 Å². The van der Waals surface area contributed by atoms with Crippen LogP contribution >= 0.6 is 0 Å². The molecular formula is C24H23NO2S. The molecule has 0 aromatic heterocycles. The van der Waals surface area contributed by atoms with Gasteiger partial charge in [0.2, 0.25) is 0 Å². The number of allylic oxidation sites excluding steroid dienone is 2. The Bertz CT molecular complexity index is 1060. The van der Waals surface area contributed by atoms with Gasteiger partial charge in [0.15, 0.2) is 5.78 Å². The fourth-order valence-electron chi connectivity index (χ4n) is 4.76. The SMILES string of the molecule is CC1=C2C[C@@](C#N)(c3ccccc3[S@@](=O)c3ccc(C)cc3)C[C@@H]2[C@@H](C)C1=O. The number of hydrogen-bond donors (Lipinski definition) is 0. The maximum Gasteiger partial charge on any atom is 0.161 e. The molecule has 0 unspecified atom stereocenters. The Kier molecular flexibility index (Phi) is 4.59. The molecule has 4 heteroatoms. The third-order valence-electron chi connectivity index (χ3n) is 6.43. The fraction of sp³-hybridized carbons (Fsp3) is 0.333. The zero-order valence-corrected chi connectivity index (χ0v) is 17.2. The van der Waals surface area contributed by atoms with E-state index in [1.807, 2.05) is 69.3 Å². The molecule has 2 aliphatic carbocycles. The van der Waals surface area contributed by atoms with Crippen molar-refractivity contribution in [3.63, 3.8) is 0 Å². The van der Waals surface area contributed by atoms with Crippen LogP contribution in [0.15, 0.2) is 69.5 Å². The van der Waals surface area contributed by atoms with Gasteiger partial charge in [-0.1, -0.05) is 48.4 Å². The van der Waals surface area contributed by atoms with Gasteiger partial charge in [0.1, 0.15) is 0 Å². The Morgan fingerprint density at radius 1 is 1.11 bits per heavy atom. The van der Waals surface area contributed by atoms with Crippen LogP contribution in [0.25, 0.3) is 0 Å². The summed E-state index contributed by atoms with van der Waals surface area (Å²) in [6.45, 7) is 5.85. The van der Waals surface area contributed by atoms with Gasteiger partial charge >= 0.3 is 0 Å². The summed E-state index contributed by atoms with van der Waals surface area (Å²) in [5.74, 6) is 0.260. The maximum absolute atomic E-state index is 13.4. The van der Waals surface area contributed by atoms with Gasteiger partial charge < -0.3 is 0 Å². The van der Waals surface area contributed by atoms with Gasteiger partial charge in [0.05, 0.1) is 22.3 Å². The average Bonchev–Trinajstić information content (AvgIpc) is 3.20. The number of rotatable bonds is 3. The van der Waals surface area contributed by atoms with Crippen LogP contribution in [0.4, 0.5) is 0 Å². The van der Waals surface area contributed by atoms with Crippen LogP contribution in [-0.2, 0) is 21.0 Å². The molecule has 142 valence electrons. The first-order valence-electron chi connectivity index (χ1n) is 9.61. The molecule has 4 rings (SSSR count). The van der Waals surface area contributed by atoms with Gasteiger partial charge in [0, 0.05) is 15.7 Å². The van der Waals surface area contributed by atoms with E-state index in [9.17, 15) is 14.3 Å². The van der Waals surface area contributed by atoms with Gasteiger partial charge in [-0.05, 0) is 61.9 Å². The molecule has 0 spiro atoms. The first-order valence-corrected chi connectivity index (χ1v) is 10.8. The summed E-state index contributed by atoms with van der Waals surface area (Å²) in [6, 6.07) is 17.8. The summed E-state index contributed by atoms with van der Waals surface area (Å²) in [6.07, 6.45) is 1.17. The van der Waals surface area contributed by atoms with Gasteiger partial charge in [-0.15, -0.1) is 0 Å². The summed E-state index contributed by atoms with van der Waals surface area (Å²) in [5, 5.41) is 10.2. The average molecular weight is 390 g/mol. The van der Waals surface area contributed by atoms with E-state index in [0.29, 0.717) is 17.7 Å². The second-order valence-corrected chi connectivity index (χ2v) is 9.51. The Hall–Kier alpha value is -2.51.